The van der Waals surface area contributed by atoms with Gasteiger partial charge in [-0.05, 0) is 31.0 Å². The number of halogens is 2. The van der Waals surface area contributed by atoms with E-state index in [9.17, 15) is 0 Å². The minimum Gasteiger partial charge on any atom is -0.379 e. The lowest BCUT2D eigenvalue weighted by Crippen LogP contribution is -2.11. The highest BCUT2D eigenvalue weighted by molar-refractivity contribution is 8.13. The van der Waals surface area contributed by atoms with E-state index in [1.165, 1.54) is 11.8 Å². The Morgan fingerprint density at radius 1 is 1.47 bits per heavy atom. The average Bonchev–Trinajstić information content (AvgIpc) is 2.27. The maximum absolute atomic E-state index is 6.07. The summed E-state index contributed by atoms with van der Waals surface area (Å²) >= 11 is 13.4. The zero-order valence-corrected chi connectivity index (χ0v) is 12.2. The zero-order valence-electron chi connectivity index (χ0n) is 9.91. The van der Waals surface area contributed by atoms with Crippen LogP contribution in [0.1, 0.15) is 25.8 Å². The second kappa shape index (κ2) is 7.14. The van der Waals surface area contributed by atoms with Crippen LogP contribution < -0.4 is 5.73 Å². The van der Waals surface area contributed by atoms with Crippen molar-refractivity contribution in [2.24, 2.45) is 10.7 Å². The Hall–Kier alpha value is -0.380. The van der Waals surface area contributed by atoms with Gasteiger partial charge in [-0.1, -0.05) is 48.0 Å². The molecule has 1 atom stereocenters. The smallest absolute Gasteiger partial charge is 0.154 e. The van der Waals surface area contributed by atoms with Crippen LogP contribution in [0.4, 0.5) is 0 Å². The fourth-order valence-electron chi connectivity index (χ4n) is 1.14. The standard InChI is InChI=1S/C12H16Cl2N2S/c1-3-8(2)16-12(15)17-7-9-4-5-10(13)6-11(9)14/h4-6,8H,3,7H2,1-2H3,(H2,15,16)/t8-/m0/s1. The minimum absolute atomic E-state index is 0.267. The van der Waals surface area contributed by atoms with E-state index in [0.717, 1.165) is 12.0 Å². The molecule has 0 aliphatic carbocycles. The highest BCUT2D eigenvalue weighted by atomic mass is 35.5. The molecular weight excluding hydrogens is 275 g/mol. The van der Waals surface area contributed by atoms with Crippen LogP contribution in [0.2, 0.25) is 10.0 Å². The summed E-state index contributed by atoms with van der Waals surface area (Å²) in [6.45, 7) is 4.13. The molecule has 0 aliphatic rings. The van der Waals surface area contributed by atoms with Gasteiger partial charge in [-0.2, -0.15) is 0 Å². The molecular formula is C12H16Cl2N2S. The van der Waals surface area contributed by atoms with Crippen LogP contribution in [-0.4, -0.2) is 11.2 Å². The van der Waals surface area contributed by atoms with E-state index in [4.69, 9.17) is 28.9 Å². The van der Waals surface area contributed by atoms with Crippen molar-refractivity contribution >= 4 is 40.1 Å². The van der Waals surface area contributed by atoms with E-state index >= 15 is 0 Å². The second-order valence-electron chi connectivity index (χ2n) is 3.75. The van der Waals surface area contributed by atoms with Crippen LogP contribution >= 0.6 is 35.0 Å². The van der Waals surface area contributed by atoms with Crippen molar-refractivity contribution in [3.8, 4) is 0 Å². The number of nitrogens with two attached hydrogens (primary N) is 1. The first-order valence-electron chi connectivity index (χ1n) is 5.43. The molecule has 2 N–H and O–H groups in total. The highest BCUT2D eigenvalue weighted by Crippen LogP contribution is 2.24. The number of benzene rings is 1. The normalized spacial score (nSPS) is 13.8. The monoisotopic (exact) mass is 290 g/mol. The third-order valence-electron chi connectivity index (χ3n) is 2.33. The SMILES string of the molecule is CC[C@H](C)N=C(N)SCc1ccc(Cl)cc1Cl. The molecule has 0 radical (unpaired) electrons. The van der Waals surface area contributed by atoms with Gasteiger partial charge in [0, 0.05) is 21.8 Å². The summed E-state index contributed by atoms with van der Waals surface area (Å²) in [7, 11) is 0. The highest BCUT2D eigenvalue weighted by Gasteiger charge is 2.04. The average molecular weight is 291 g/mol. The predicted molar refractivity (Wildman–Crippen MR) is 79.1 cm³/mol. The third kappa shape index (κ3) is 5.19. The fraction of sp³-hybridized carbons (Fsp3) is 0.417. The summed E-state index contributed by atoms with van der Waals surface area (Å²) in [6.07, 6.45) is 0.989. The van der Waals surface area contributed by atoms with Crippen LogP contribution in [0.25, 0.3) is 0 Å². The number of rotatable bonds is 4. The second-order valence-corrected chi connectivity index (χ2v) is 5.59. The van der Waals surface area contributed by atoms with E-state index in [1.54, 1.807) is 6.07 Å². The Morgan fingerprint density at radius 2 is 2.18 bits per heavy atom. The molecule has 1 aromatic carbocycles. The van der Waals surface area contributed by atoms with Gasteiger partial charge in [-0.25, -0.2) is 0 Å². The quantitative estimate of drug-likeness (QED) is 0.662. The third-order valence-corrected chi connectivity index (χ3v) is 3.77. The molecule has 0 unspecified atom stereocenters. The summed E-state index contributed by atoms with van der Waals surface area (Å²) in [5, 5.41) is 1.91. The van der Waals surface area contributed by atoms with Gasteiger partial charge < -0.3 is 5.73 Å². The van der Waals surface area contributed by atoms with E-state index in [0.29, 0.717) is 21.0 Å². The maximum atomic E-state index is 6.07. The molecule has 2 nitrogen and oxygen atoms in total. The van der Waals surface area contributed by atoms with E-state index in [2.05, 4.69) is 11.9 Å². The van der Waals surface area contributed by atoms with Gasteiger partial charge in [0.05, 0.1) is 0 Å². The fourth-order valence-corrected chi connectivity index (χ4v) is 2.50. The van der Waals surface area contributed by atoms with Gasteiger partial charge in [0.25, 0.3) is 0 Å². The number of thioether (sulfide) groups is 1. The first kappa shape index (κ1) is 14.7. The molecule has 1 aromatic rings. The van der Waals surface area contributed by atoms with Crippen LogP contribution in [0.15, 0.2) is 23.2 Å². The minimum atomic E-state index is 0.267. The first-order valence-corrected chi connectivity index (χ1v) is 7.17. The van der Waals surface area contributed by atoms with Crippen molar-refractivity contribution in [1.29, 1.82) is 0 Å². The lowest BCUT2D eigenvalue weighted by atomic mass is 10.2. The van der Waals surface area contributed by atoms with Gasteiger partial charge in [-0.15, -0.1) is 0 Å². The Kier molecular flexibility index (Phi) is 6.17. The van der Waals surface area contributed by atoms with Crippen molar-refractivity contribution < 1.29 is 0 Å². The van der Waals surface area contributed by atoms with E-state index < -0.39 is 0 Å². The van der Waals surface area contributed by atoms with Crippen molar-refractivity contribution in [2.45, 2.75) is 32.1 Å². The van der Waals surface area contributed by atoms with Crippen LogP contribution in [0, 0.1) is 0 Å². The molecule has 0 aliphatic heterocycles. The molecule has 1 rings (SSSR count). The first-order chi connectivity index (χ1) is 8.02. The summed E-state index contributed by atoms with van der Waals surface area (Å²) in [5.41, 5.74) is 6.84. The molecule has 0 spiro atoms. The van der Waals surface area contributed by atoms with Crippen molar-refractivity contribution in [1.82, 2.24) is 0 Å². The van der Waals surface area contributed by atoms with Gasteiger partial charge in [0.1, 0.15) is 0 Å². The van der Waals surface area contributed by atoms with Crippen LogP contribution in [0.5, 0.6) is 0 Å². The summed E-state index contributed by atoms with van der Waals surface area (Å²) < 4.78 is 0. The van der Waals surface area contributed by atoms with Gasteiger partial charge in [-0.3, -0.25) is 4.99 Å². The van der Waals surface area contributed by atoms with Crippen molar-refractivity contribution in [3.63, 3.8) is 0 Å². The lowest BCUT2D eigenvalue weighted by Gasteiger charge is -2.06. The van der Waals surface area contributed by atoms with Gasteiger partial charge in [0.2, 0.25) is 0 Å². The molecule has 94 valence electrons. The molecule has 5 heteroatoms. The lowest BCUT2D eigenvalue weighted by molar-refractivity contribution is 0.718. The topological polar surface area (TPSA) is 38.4 Å². The maximum Gasteiger partial charge on any atom is 0.154 e. The molecule has 0 bridgehead atoms. The number of aliphatic imine (C=N–C) groups is 1. The van der Waals surface area contributed by atoms with Crippen LogP contribution in [0.3, 0.4) is 0 Å². The zero-order chi connectivity index (χ0) is 12.8. The van der Waals surface area contributed by atoms with Gasteiger partial charge in [0.15, 0.2) is 5.17 Å². The molecule has 0 amide bonds. The molecule has 0 heterocycles. The van der Waals surface area contributed by atoms with E-state index in [1.807, 2.05) is 19.1 Å². The van der Waals surface area contributed by atoms with Crippen LogP contribution in [-0.2, 0) is 5.75 Å². The van der Waals surface area contributed by atoms with Crippen molar-refractivity contribution in [3.05, 3.63) is 33.8 Å². The van der Waals surface area contributed by atoms with Gasteiger partial charge >= 0.3 is 0 Å². The summed E-state index contributed by atoms with van der Waals surface area (Å²) in [5.74, 6) is 0.710. The van der Waals surface area contributed by atoms with E-state index in [-0.39, 0.29) is 6.04 Å². The Balaban J connectivity index is 2.58. The largest absolute Gasteiger partial charge is 0.379 e. The Bertz CT molecular complexity index is 407. The Morgan fingerprint density at radius 3 is 2.76 bits per heavy atom. The predicted octanol–water partition coefficient (Wildman–Crippen LogP) is 4.34. The molecule has 0 aromatic heterocycles. The number of hydrogen-bond donors (Lipinski definition) is 1. The number of amidine groups is 1. The molecule has 0 fully saturated rings. The molecule has 17 heavy (non-hydrogen) atoms. The Labute approximate surface area is 117 Å². The molecule has 0 saturated carbocycles. The summed E-state index contributed by atoms with van der Waals surface area (Å²) in [6, 6.07) is 5.74. The van der Waals surface area contributed by atoms with Crippen molar-refractivity contribution in [2.75, 3.05) is 0 Å². The molecule has 0 saturated heterocycles. The number of nitrogens with zero attached hydrogens (tertiary/aromatic N) is 1. The number of hydrogen-bond acceptors (Lipinski definition) is 2. The summed E-state index contributed by atoms with van der Waals surface area (Å²) in [4.78, 5) is 4.35.